The Balaban J connectivity index is 2.45. The molecule has 96 valence electrons. The normalized spacial score (nSPS) is 12.7. The maximum Gasteiger partial charge on any atom is 0.0696 e. The van der Waals surface area contributed by atoms with E-state index in [4.69, 9.17) is 23.2 Å². The molecule has 0 aliphatic carbocycles. The number of hydrogen-bond donors (Lipinski definition) is 1. The summed E-state index contributed by atoms with van der Waals surface area (Å²) in [4.78, 5) is 1.22. The molecule has 0 bridgehead atoms. The third-order valence-electron chi connectivity index (χ3n) is 2.59. The molecule has 0 saturated heterocycles. The van der Waals surface area contributed by atoms with Gasteiger partial charge in [-0.1, -0.05) is 36.2 Å². The topological polar surface area (TPSA) is 12.0 Å². The van der Waals surface area contributed by atoms with Crippen molar-refractivity contribution in [1.82, 2.24) is 5.32 Å². The molecular weight excluding hydrogens is 353 g/mol. The molecule has 1 heterocycles. The number of halogens is 3. The van der Waals surface area contributed by atoms with Crippen LogP contribution in [-0.2, 0) is 0 Å². The van der Waals surface area contributed by atoms with Gasteiger partial charge < -0.3 is 5.32 Å². The van der Waals surface area contributed by atoms with Crippen molar-refractivity contribution >= 4 is 50.5 Å². The number of hydrogen-bond acceptors (Lipinski definition) is 2. The standard InChI is InChI=1S/C13H12BrCl2NS/c1-2-17-12(13-10(14)5-6-18-13)9-4-3-8(15)7-11(9)16/h3-7,12,17H,2H2,1H3. The number of benzene rings is 1. The van der Waals surface area contributed by atoms with Gasteiger partial charge in [-0.05, 0) is 51.6 Å². The fourth-order valence-corrected chi connectivity index (χ4v) is 4.01. The molecule has 1 aromatic carbocycles. The van der Waals surface area contributed by atoms with E-state index in [1.165, 1.54) is 4.88 Å². The molecule has 1 unspecified atom stereocenters. The van der Waals surface area contributed by atoms with E-state index in [9.17, 15) is 0 Å². The molecule has 0 aliphatic rings. The monoisotopic (exact) mass is 363 g/mol. The van der Waals surface area contributed by atoms with Gasteiger partial charge in [-0.2, -0.15) is 0 Å². The van der Waals surface area contributed by atoms with Crippen LogP contribution in [-0.4, -0.2) is 6.54 Å². The maximum absolute atomic E-state index is 6.29. The molecule has 1 aromatic heterocycles. The number of nitrogens with one attached hydrogen (secondary N) is 1. The van der Waals surface area contributed by atoms with Gasteiger partial charge in [-0.3, -0.25) is 0 Å². The van der Waals surface area contributed by atoms with Crippen LogP contribution in [0, 0.1) is 0 Å². The smallest absolute Gasteiger partial charge is 0.0696 e. The molecule has 0 saturated carbocycles. The van der Waals surface area contributed by atoms with Gasteiger partial charge in [-0.25, -0.2) is 0 Å². The fourth-order valence-electron chi connectivity index (χ4n) is 1.80. The molecule has 2 aromatic rings. The highest BCUT2D eigenvalue weighted by Gasteiger charge is 2.19. The van der Waals surface area contributed by atoms with Crippen LogP contribution < -0.4 is 5.32 Å². The summed E-state index contributed by atoms with van der Waals surface area (Å²) in [5, 5.41) is 6.86. The summed E-state index contributed by atoms with van der Waals surface area (Å²) in [6, 6.07) is 7.77. The zero-order chi connectivity index (χ0) is 13.1. The zero-order valence-electron chi connectivity index (χ0n) is 9.71. The highest BCUT2D eigenvalue weighted by molar-refractivity contribution is 9.10. The van der Waals surface area contributed by atoms with Crippen molar-refractivity contribution < 1.29 is 0 Å². The Hall–Kier alpha value is -0.0600. The lowest BCUT2D eigenvalue weighted by Crippen LogP contribution is -2.21. The van der Waals surface area contributed by atoms with E-state index in [0.29, 0.717) is 10.0 Å². The van der Waals surface area contributed by atoms with Crippen LogP contribution in [0.3, 0.4) is 0 Å². The Morgan fingerprint density at radius 1 is 1.33 bits per heavy atom. The van der Waals surface area contributed by atoms with Crippen molar-refractivity contribution in [3.63, 3.8) is 0 Å². The summed E-state index contributed by atoms with van der Waals surface area (Å²) in [6.07, 6.45) is 0. The second-order valence-electron chi connectivity index (χ2n) is 3.79. The van der Waals surface area contributed by atoms with Gasteiger partial charge in [0.2, 0.25) is 0 Å². The van der Waals surface area contributed by atoms with Crippen molar-refractivity contribution in [3.8, 4) is 0 Å². The first-order valence-electron chi connectivity index (χ1n) is 5.54. The zero-order valence-corrected chi connectivity index (χ0v) is 13.6. The van der Waals surface area contributed by atoms with Gasteiger partial charge in [0, 0.05) is 19.4 Å². The molecule has 0 spiro atoms. The van der Waals surface area contributed by atoms with E-state index in [1.807, 2.05) is 18.2 Å². The SMILES string of the molecule is CCNC(c1ccc(Cl)cc1Cl)c1sccc1Br. The maximum atomic E-state index is 6.29. The average Bonchev–Trinajstić information content (AvgIpc) is 2.73. The molecule has 2 rings (SSSR count). The molecule has 1 N–H and O–H groups in total. The Morgan fingerprint density at radius 2 is 2.11 bits per heavy atom. The summed E-state index contributed by atoms with van der Waals surface area (Å²) < 4.78 is 1.10. The first-order chi connectivity index (χ1) is 8.63. The van der Waals surface area contributed by atoms with Gasteiger partial charge in [0.1, 0.15) is 0 Å². The quantitative estimate of drug-likeness (QED) is 0.753. The van der Waals surface area contributed by atoms with Crippen LogP contribution in [0.15, 0.2) is 34.1 Å². The summed E-state index contributed by atoms with van der Waals surface area (Å²) in [7, 11) is 0. The summed E-state index contributed by atoms with van der Waals surface area (Å²) >= 11 is 17.5. The van der Waals surface area contributed by atoms with Crippen molar-refractivity contribution in [1.29, 1.82) is 0 Å². The lowest BCUT2D eigenvalue weighted by atomic mass is 10.1. The summed E-state index contributed by atoms with van der Waals surface area (Å²) in [5.74, 6) is 0. The van der Waals surface area contributed by atoms with Gasteiger partial charge in [0.15, 0.2) is 0 Å². The molecule has 1 atom stereocenters. The molecular formula is C13H12BrCl2NS. The Kier molecular flexibility index (Phi) is 5.10. The predicted molar refractivity (Wildman–Crippen MR) is 84.0 cm³/mol. The predicted octanol–water partition coefficient (Wildman–Crippen LogP) is 5.52. The highest BCUT2D eigenvalue weighted by atomic mass is 79.9. The largest absolute Gasteiger partial charge is 0.306 e. The van der Waals surface area contributed by atoms with E-state index in [-0.39, 0.29) is 6.04 Å². The molecule has 0 aliphatic heterocycles. The van der Waals surface area contributed by atoms with Crippen LogP contribution >= 0.6 is 50.5 Å². The van der Waals surface area contributed by atoms with E-state index < -0.39 is 0 Å². The van der Waals surface area contributed by atoms with E-state index in [1.54, 1.807) is 17.4 Å². The van der Waals surface area contributed by atoms with Crippen LogP contribution in [0.2, 0.25) is 10.0 Å². The van der Waals surface area contributed by atoms with Crippen molar-refractivity contribution in [2.45, 2.75) is 13.0 Å². The number of thiophene rings is 1. The first-order valence-corrected chi connectivity index (χ1v) is 7.97. The molecule has 0 radical (unpaired) electrons. The van der Waals surface area contributed by atoms with Crippen molar-refractivity contribution in [2.24, 2.45) is 0 Å². The summed E-state index contributed by atoms with van der Waals surface area (Å²) in [6.45, 7) is 2.95. The van der Waals surface area contributed by atoms with Crippen molar-refractivity contribution in [2.75, 3.05) is 6.54 Å². The number of rotatable bonds is 4. The van der Waals surface area contributed by atoms with Crippen molar-refractivity contribution in [3.05, 3.63) is 54.6 Å². The lowest BCUT2D eigenvalue weighted by Gasteiger charge is -2.19. The molecule has 0 fully saturated rings. The van der Waals surface area contributed by atoms with Gasteiger partial charge >= 0.3 is 0 Å². The lowest BCUT2D eigenvalue weighted by molar-refractivity contribution is 0.638. The van der Waals surface area contributed by atoms with Crippen LogP contribution in [0.4, 0.5) is 0 Å². The highest BCUT2D eigenvalue weighted by Crippen LogP contribution is 2.36. The Morgan fingerprint density at radius 3 is 2.67 bits per heavy atom. The van der Waals surface area contributed by atoms with Gasteiger partial charge in [0.25, 0.3) is 0 Å². The molecule has 0 amide bonds. The van der Waals surface area contributed by atoms with Crippen LogP contribution in [0.1, 0.15) is 23.4 Å². The minimum Gasteiger partial charge on any atom is -0.306 e. The van der Waals surface area contributed by atoms with Gasteiger partial charge in [-0.15, -0.1) is 11.3 Å². The second-order valence-corrected chi connectivity index (χ2v) is 6.43. The fraction of sp³-hybridized carbons (Fsp3) is 0.231. The van der Waals surface area contributed by atoms with E-state index in [0.717, 1.165) is 16.6 Å². The van der Waals surface area contributed by atoms with Crippen LogP contribution in [0.5, 0.6) is 0 Å². The molecule has 1 nitrogen and oxygen atoms in total. The van der Waals surface area contributed by atoms with Crippen LogP contribution in [0.25, 0.3) is 0 Å². The third-order valence-corrected chi connectivity index (χ3v) is 5.09. The van der Waals surface area contributed by atoms with E-state index >= 15 is 0 Å². The van der Waals surface area contributed by atoms with Gasteiger partial charge in [0.05, 0.1) is 6.04 Å². The first kappa shape index (κ1) is 14.4. The second kappa shape index (κ2) is 6.40. The minimum absolute atomic E-state index is 0.0918. The summed E-state index contributed by atoms with van der Waals surface area (Å²) in [5.41, 5.74) is 1.05. The molecule has 18 heavy (non-hydrogen) atoms. The minimum atomic E-state index is 0.0918. The Bertz CT molecular complexity index is 542. The molecule has 5 heteroatoms. The third kappa shape index (κ3) is 3.09. The van der Waals surface area contributed by atoms with E-state index in [2.05, 4.69) is 33.6 Å². The average molecular weight is 365 g/mol. The Labute approximate surface area is 129 Å².